The van der Waals surface area contributed by atoms with Gasteiger partial charge in [-0.2, -0.15) is 0 Å². The maximum absolute atomic E-state index is 11.1. The Balaban J connectivity index is 2.13. The van der Waals surface area contributed by atoms with Crippen LogP contribution in [0.1, 0.15) is 12.2 Å². The van der Waals surface area contributed by atoms with Crippen molar-refractivity contribution < 1.29 is 4.79 Å². The van der Waals surface area contributed by atoms with Gasteiger partial charge in [-0.1, -0.05) is 60.7 Å². The van der Waals surface area contributed by atoms with Crippen molar-refractivity contribution in [3.05, 3.63) is 66.5 Å². The Bertz CT molecular complexity index is 807. The zero-order valence-electron chi connectivity index (χ0n) is 13.1. The van der Waals surface area contributed by atoms with Crippen molar-refractivity contribution >= 4 is 5.91 Å². The molecule has 23 heavy (non-hydrogen) atoms. The summed E-state index contributed by atoms with van der Waals surface area (Å²) in [6, 6.07) is 20.3. The minimum Gasteiger partial charge on any atom is -0.370 e. The van der Waals surface area contributed by atoms with Gasteiger partial charge in [0.1, 0.15) is 5.82 Å². The topological polar surface area (TPSA) is 60.9 Å². The van der Waals surface area contributed by atoms with Crippen LogP contribution in [0.5, 0.6) is 0 Å². The number of imidazole rings is 1. The van der Waals surface area contributed by atoms with E-state index < -0.39 is 0 Å². The van der Waals surface area contributed by atoms with Gasteiger partial charge < -0.3 is 10.3 Å². The van der Waals surface area contributed by atoms with E-state index in [1.54, 1.807) is 0 Å². The molecule has 0 radical (unpaired) electrons. The third-order valence-corrected chi connectivity index (χ3v) is 3.88. The number of hydrogen-bond donors (Lipinski definition) is 1. The van der Waals surface area contributed by atoms with Gasteiger partial charge in [0.2, 0.25) is 5.91 Å². The third-order valence-electron chi connectivity index (χ3n) is 3.88. The van der Waals surface area contributed by atoms with E-state index in [9.17, 15) is 4.79 Å². The molecule has 1 aromatic heterocycles. The minimum absolute atomic E-state index is 0.299. The number of nitrogens with zero attached hydrogens (tertiary/aromatic N) is 2. The summed E-state index contributed by atoms with van der Waals surface area (Å²) in [6.45, 7) is 0. The second-order valence-corrected chi connectivity index (χ2v) is 5.48. The van der Waals surface area contributed by atoms with Crippen molar-refractivity contribution in [2.24, 2.45) is 12.8 Å². The van der Waals surface area contributed by atoms with Crippen molar-refractivity contribution in [3.8, 4) is 22.5 Å². The molecule has 0 atom stereocenters. The second-order valence-electron chi connectivity index (χ2n) is 5.48. The van der Waals surface area contributed by atoms with Crippen molar-refractivity contribution in [1.82, 2.24) is 9.55 Å². The Kier molecular flexibility index (Phi) is 4.24. The molecule has 0 saturated carbocycles. The molecule has 0 spiro atoms. The molecule has 0 unspecified atom stereocenters. The summed E-state index contributed by atoms with van der Waals surface area (Å²) in [5.74, 6) is 0.553. The predicted molar refractivity (Wildman–Crippen MR) is 91.6 cm³/mol. The number of aryl methyl sites for hydroxylation is 1. The van der Waals surface area contributed by atoms with Crippen molar-refractivity contribution in [2.45, 2.75) is 12.8 Å². The maximum atomic E-state index is 11.1. The van der Waals surface area contributed by atoms with E-state index >= 15 is 0 Å². The van der Waals surface area contributed by atoms with Crippen LogP contribution in [0.3, 0.4) is 0 Å². The van der Waals surface area contributed by atoms with Crippen LogP contribution in [-0.2, 0) is 18.3 Å². The molecule has 2 N–H and O–H groups in total. The van der Waals surface area contributed by atoms with E-state index in [1.807, 2.05) is 55.6 Å². The minimum atomic E-state index is -0.310. The molecule has 4 heteroatoms. The molecule has 0 aliphatic rings. The highest BCUT2D eigenvalue weighted by atomic mass is 16.1. The summed E-state index contributed by atoms with van der Waals surface area (Å²) >= 11 is 0. The number of carbonyl (C=O) groups is 1. The average molecular weight is 305 g/mol. The fraction of sp³-hybridized carbons (Fsp3) is 0.158. The zero-order chi connectivity index (χ0) is 16.2. The summed E-state index contributed by atoms with van der Waals surface area (Å²) in [5, 5.41) is 0. The highest BCUT2D eigenvalue weighted by Gasteiger charge is 2.17. The number of nitrogens with two attached hydrogens (primary N) is 1. The standard InChI is InChI=1S/C19H19N3O/c1-22-17(13-12-16(20)23)21-18(14-8-4-2-5-9-14)19(22)15-10-6-3-7-11-15/h2-11H,12-13H2,1H3,(H2,20,23). The molecular formula is C19H19N3O. The number of hydrogen-bond acceptors (Lipinski definition) is 2. The molecule has 0 aliphatic heterocycles. The first-order valence-corrected chi connectivity index (χ1v) is 7.61. The molecule has 2 aromatic carbocycles. The highest BCUT2D eigenvalue weighted by molar-refractivity contribution is 5.79. The molecule has 1 heterocycles. The van der Waals surface area contributed by atoms with Gasteiger partial charge in [-0.25, -0.2) is 4.98 Å². The summed E-state index contributed by atoms with van der Waals surface area (Å²) in [7, 11) is 1.98. The second kappa shape index (κ2) is 6.48. The molecule has 0 saturated heterocycles. The molecule has 0 bridgehead atoms. The van der Waals surface area contributed by atoms with Crippen LogP contribution in [-0.4, -0.2) is 15.5 Å². The fourth-order valence-electron chi connectivity index (χ4n) is 2.73. The summed E-state index contributed by atoms with van der Waals surface area (Å²) in [4.78, 5) is 15.9. The van der Waals surface area contributed by atoms with Crippen LogP contribution in [0, 0.1) is 0 Å². The van der Waals surface area contributed by atoms with Gasteiger partial charge in [0.25, 0.3) is 0 Å². The smallest absolute Gasteiger partial charge is 0.217 e. The van der Waals surface area contributed by atoms with Crippen LogP contribution in [0.4, 0.5) is 0 Å². The van der Waals surface area contributed by atoms with Crippen LogP contribution in [0.15, 0.2) is 60.7 Å². The molecule has 3 aromatic rings. The molecule has 1 amide bonds. The lowest BCUT2D eigenvalue weighted by Crippen LogP contribution is -2.12. The number of benzene rings is 2. The average Bonchev–Trinajstić information content (AvgIpc) is 2.91. The number of amides is 1. The predicted octanol–water partition coefficient (Wildman–Crippen LogP) is 3.17. The largest absolute Gasteiger partial charge is 0.370 e. The Morgan fingerprint density at radius 2 is 1.57 bits per heavy atom. The highest BCUT2D eigenvalue weighted by Crippen LogP contribution is 2.32. The van der Waals surface area contributed by atoms with Crippen LogP contribution in [0.2, 0.25) is 0 Å². The van der Waals surface area contributed by atoms with Gasteiger partial charge in [0.15, 0.2) is 0 Å². The van der Waals surface area contributed by atoms with E-state index in [4.69, 9.17) is 10.7 Å². The number of primary amides is 1. The van der Waals surface area contributed by atoms with Crippen molar-refractivity contribution in [1.29, 1.82) is 0 Å². The number of rotatable bonds is 5. The normalized spacial score (nSPS) is 10.7. The Hall–Kier alpha value is -2.88. The number of aromatic nitrogens is 2. The van der Waals surface area contributed by atoms with E-state index in [0.717, 1.165) is 28.3 Å². The van der Waals surface area contributed by atoms with Crippen LogP contribution < -0.4 is 5.73 Å². The van der Waals surface area contributed by atoms with Gasteiger partial charge in [-0.15, -0.1) is 0 Å². The monoisotopic (exact) mass is 305 g/mol. The summed E-state index contributed by atoms with van der Waals surface area (Å²) in [6.07, 6.45) is 0.839. The molecular weight excluding hydrogens is 286 g/mol. The quantitative estimate of drug-likeness (QED) is 0.787. The van der Waals surface area contributed by atoms with Gasteiger partial charge in [0, 0.05) is 31.0 Å². The fourth-order valence-corrected chi connectivity index (χ4v) is 2.73. The zero-order valence-corrected chi connectivity index (χ0v) is 13.1. The first kappa shape index (κ1) is 15.0. The Morgan fingerprint density at radius 3 is 2.13 bits per heavy atom. The maximum Gasteiger partial charge on any atom is 0.217 e. The van der Waals surface area contributed by atoms with Gasteiger partial charge in [0.05, 0.1) is 11.4 Å². The lowest BCUT2D eigenvalue weighted by Gasteiger charge is -2.07. The lowest BCUT2D eigenvalue weighted by molar-refractivity contribution is -0.118. The number of carbonyl (C=O) groups excluding carboxylic acids is 1. The Labute approximate surface area is 135 Å². The first-order chi connectivity index (χ1) is 11.2. The van der Waals surface area contributed by atoms with Gasteiger partial charge >= 0.3 is 0 Å². The van der Waals surface area contributed by atoms with E-state index in [2.05, 4.69) is 16.7 Å². The molecule has 4 nitrogen and oxygen atoms in total. The van der Waals surface area contributed by atoms with Gasteiger partial charge in [-0.3, -0.25) is 4.79 Å². The Morgan fingerprint density at radius 1 is 1.00 bits per heavy atom. The van der Waals surface area contributed by atoms with Gasteiger partial charge in [-0.05, 0) is 0 Å². The first-order valence-electron chi connectivity index (χ1n) is 7.61. The van der Waals surface area contributed by atoms with Crippen molar-refractivity contribution in [3.63, 3.8) is 0 Å². The molecule has 0 aliphatic carbocycles. The van der Waals surface area contributed by atoms with E-state index in [-0.39, 0.29) is 5.91 Å². The van der Waals surface area contributed by atoms with Crippen molar-refractivity contribution in [2.75, 3.05) is 0 Å². The van der Waals surface area contributed by atoms with Crippen LogP contribution in [0.25, 0.3) is 22.5 Å². The van der Waals surface area contributed by atoms with E-state index in [1.165, 1.54) is 0 Å². The van der Waals surface area contributed by atoms with Crippen LogP contribution >= 0.6 is 0 Å². The lowest BCUT2D eigenvalue weighted by atomic mass is 10.1. The summed E-state index contributed by atoms with van der Waals surface area (Å²) < 4.78 is 2.06. The summed E-state index contributed by atoms with van der Waals surface area (Å²) in [5.41, 5.74) is 9.43. The molecule has 0 fully saturated rings. The van der Waals surface area contributed by atoms with E-state index in [0.29, 0.717) is 12.8 Å². The molecule has 3 rings (SSSR count). The third kappa shape index (κ3) is 3.16. The molecule has 116 valence electrons. The SMILES string of the molecule is Cn1c(CCC(N)=O)nc(-c2ccccc2)c1-c1ccccc1.